The molecule has 0 bridgehead atoms. The predicted molar refractivity (Wildman–Crippen MR) is 93.3 cm³/mol. The molecule has 2 aromatic carbocycles. The Morgan fingerprint density at radius 3 is 2.54 bits per heavy atom. The molecular weight excluding hydrogens is 304 g/mol. The van der Waals surface area contributed by atoms with E-state index in [-0.39, 0.29) is 18.2 Å². The summed E-state index contributed by atoms with van der Waals surface area (Å²) in [5.74, 6) is 0.761. The lowest BCUT2D eigenvalue weighted by molar-refractivity contribution is -0.0407. The molecule has 2 amide bonds. The van der Waals surface area contributed by atoms with E-state index in [0.717, 1.165) is 17.0 Å². The maximum atomic E-state index is 12.6. The number of methoxy groups -OCH3 is 1. The number of amides is 2. The molecule has 3 rings (SSSR count). The molecule has 1 aliphatic rings. The highest BCUT2D eigenvalue weighted by Gasteiger charge is 2.30. The Kier molecular flexibility index (Phi) is 5.01. The zero-order valence-corrected chi connectivity index (χ0v) is 13.9. The first kappa shape index (κ1) is 16.3. The zero-order valence-electron chi connectivity index (χ0n) is 13.9. The van der Waals surface area contributed by atoms with Gasteiger partial charge in [0.1, 0.15) is 11.9 Å². The summed E-state index contributed by atoms with van der Waals surface area (Å²) in [5, 5.41) is 2.94. The zero-order chi connectivity index (χ0) is 16.9. The second-order valence-electron chi connectivity index (χ2n) is 5.89. The van der Waals surface area contributed by atoms with E-state index in [4.69, 9.17) is 9.47 Å². The van der Waals surface area contributed by atoms with Crippen molar-refractivity contribution in [3.05, 3.63) is 60.2 Å². The van der Waals surface area contributed by atoms with E-state index >= 15 is 0 Å². The molecule has 1 aliphatic heterocycles. The molecule has 0 spiro atoms. The third-order valence-electron chi connectivity index (χ3n) is 4.21. The molecule has 1 heterocycles. The minimum atomic E-state index is -0.114. The first-order valence-corrected chi connectivity index (χ1v) is 8.05. The van der Waals surface area contributed by atoms with Gasteiger partial charge in [-0.15, -0.1) is 0 Å². The molecule has 0 aliphatic carbocycles. The van der Waals surface area contributed by atoms with Crippen LogP contribution < -0.4 is 10.1 Å². The van der Waals surface area contributed by atoms with Crippen molar-refractivity contribution >= 4 is 11.7 Å². The first-order valence-electron chi connectivity index (χ1n) is 8.05. The smallest absolute Gasteiger partial charge is 0.322 e. The van der Waals surface area contributed by atoms with Gasteiger partial charge in [0.15, 0.2) is 0 Å². The molecule has 0 radical (unpaired) electrons. The van der Waals surface area contributed by atoms with Crippen LogP contribution in [0.2, 0.25) is 0 Å². The molecule has 5 nitrogen and oxygen atoms in total. The average molecular weight is 326 g/mol. The number of benzene rings is 2. The van der Waals surface area contributed by atoms with Gasteiger partial charge < -0.3 is 19.7 Å². The molecule has 1 saturated heterocycles. The summed E-state index contributed by atoms with van der Waals surface area (Å²) in [6.45, 7) is 3.05. The highest BCUT2D eigenvalue weighted by atomic mass is 16.5. The topological polar surface area (TPSA) is 50.8 Å². The van der Waals surface area contributed by atoms with Crippen molar-refractivity contribution in [1.82, 2.24) is 4.90 Å². The van der Waals surface area contributed by atoms with Gasteiger partial charge in [-0.25, -0.2) is 4.79 Å². The van der Waals surface area contributed by atoms with Gasteiger partial charge in [-0.2, -0.15) is 0 Å². The fourth-order valence-corrected chi connectivity index (χ4v) is 2.78. The number of hydrogen-bond acceptors (Lipinski definition) is 3. The fraction of sp³-hybridized carbons (Fsp3) is 0.316. The molecule has 24 heavy (non-hydrogen) atoms. The summed E-state index contributed by atoms with van der Waals surface area (Å²) in [6.07, 6.45) is -0.0935. The van der Waals surface area contributed by atoms with Crippen molar-refractivity contribution in [1.29, 1.82) is 0 Å². The van der Waals surface area contributed by atoms with Crippen LogP contribution in [0.1, 0.15) is 18.6 Å². The van der Waals surface area contributed by atoms with Crippen LogP contribution in [0.15, 0.2) is 54.6 Å². The van der Waals surface area contributed by atoms with Crippen LogP contribution in [0.3, 0.4) is 0 Å². The Hall–Kier alpha value is -2.53. The van der Waals surface area contributed by atoms with Crippen LogP contribution in [0.4, 0.5) is 10.5 Å². The Bertz CT molecular complexity index is 673. The first-order chi connectivity index (χ1) is 11.7. The van der Waals surface area contributed by atoms with Gasteiger partial charge in [-0.1, -0.05) is 30.3 Å². The maximum absolute atomic E-state index is 12.6. The van der Waals surface area contributed by atoms with Crippen LogP contribution in [0.5, 0.6) is 5.75 Å². The normalized spacial score (nSPS) is 20.5. The molecule has 0 aromatic heterocycles. The van der Waals surface area contributed by atoms with Crippen molar-refractivity contribution in [2.45, 2.75) is 19.1 Å². The molecule has 0 saturated carbocycles. The van der Waals surface area contributed by atoms with E-state index in [0.29, 0.717) is 13.2 Å². The molecule has 0 unspecified atom stereocenters. The van der Waals surface area contributed by atoms with E-state index in [1.807, 2.05) is 66.4 Å². The number of hydrogen-bond donors (Lipinski definition) is 1. The summed E-state index contributed by atoms with van der Waals surface area (Å²) in [7, 11) is 1.62. The Labute approximate surface area is 142 Å². The minimum Gasteiger partial charge on any atom is -0.497 e. The van der Waals surface area contributed by atoms with E-state index < -0.39 is 0 Å². The van der Waals surface area contributed by atoms with Crippen molar-refractivity contribution in [2.24, 2.45) is 0 Å². The number of carbonyl (C=O) groups excluding carboxylic acids is 1. The lowest BCUT2D eigenvalue weighted by Crippen LogP contribution is -2.49. The largest absolute Gasteiger partial charge is 0.497 e. The molecule has 1 fully saturated rings. The van der Waals surface area contributed by atoms with E-state index in [1.165, 1.54) is 0 Å². The Morgan fingerprint density at radius 2 is 1.88 bits per heavy atom. The Balaban J connectivity index is 1.68. The van der Waals surface area contributed by atoms with Gasteiger partial charge in [-0.3, -0.25) is 0 Å². The number of nitrogens with one attached hydrogen (secondary N) is 1. The number of rotatable bonds is 3. The molecule has 2 aromatic rings. The van der Waals surface area contributed by atoms with Crippen LogP contribution in [-0.4, -0.2) is 37.2 Å². The predicted octanol–water partition coefficient (Wildman–Crippen LogP) is 3.69. The summed E-state index contributed by atoms with van der Waals surface area (Å²) in [4.78, 5) is 14.5. The number of morpholine rings is 1. The second kappa shape index (κ2) is 7.36. The third-order valence-corrected chi connectivity index (χ3v) is 4.21. The highest BCUT2D eigenvalue weighted by Crippen LogP contribution is 2.25. The number of anilines is 1. The lowest BCUT2D eigenvalue weighted by atomic mass is 10.1. The monoisotopic (exact) mass is 326 g/mol. The minimum absolute atomic E-state index is 0.0308. The third kappa shape index (κ3) is 3.68. The van der Waals surface area contributed by atoms with E-state index in [9.17, 15) is 4.79 Å². The molecule has 2 atom stereocenters. The van der Waals surface area contributed by atoms with Crippen molar-refractivity contribution in [2.75, 3.05) is 25.6 Å². The van der Waals surface area contributed by atoms with Gasteiger partial charge in [0.25, 0.3) is 0 Å². The van der Waals surface area contributed by atoms with Crippen LogP contribution in [-0.2, 0) is 4.74 Å². The number of nitrogens with zero attached hydrogens (tertiary/aromatic N) is 1. The van der Waals surface area contributed by atoms with Gasteiger partial charge >= 0.3 is 6.03 Å². The second-order valence-corrected chi connectivity index (χ2v) is 5.89. The quantitative estimate of drug-likeness (QED) is 0.936. The van der Waals surface area contributed by atoms with Gasteiger partial charge in [0.05, 0.1) is 26.3 Å². The lowest BCUT2D eigenvalue weighted by Gasteiger charge is -2.38. The standard InChI is InChI=1S/C19H22N2O3/c1-14-13-24-18(15-6-4-3-5-7-15)12-21(14)19(22)20-16-8-10-17(23-2)11-9-16/h3-11,14,18H,12-13H2,1-2H3,(H,20,22)/t14-,18-/m1/s1. The molecule has 5 heteroatoms. The van der Waals surface area contributed by atoms with E-state index in [2.05, 4.69) is 5.32 Å². The fourth-order valence-electron chi connectivity index (χ4n) is 2.78. The molecule has 1 N–H and O–H groups in total. The summed E-state index contributed by atoms with van der Waals surface area (Å²) >= 11 is 0. The summed E-state index contributed by atoms with van der Waals surface area (Å²) < 4.78 is 11.0. The van der Waals surface area contributed by atoms with Crippen molar-refractivity contribution in [3.63, 3.8) is 0 Å². The average Bonchev–Trinajstić information content (AvgIpc) is 2.63. The van der Waals surface area contributed by atoms with Crippen LogP contribution in [0, 0.1) is 0 Å². The van der Waals surface area contributed by atoms with Gasteiger partial charge in [0, 0.05) is 5.69 Å². The van der Waals surface area contributed by atoms with Gasteiger partial charge in [0.2, 0.25) is 0 Å². The van der Waals surface area contributed by atoms with Crippen LogP contribution >= 0.6 is 0 Å². The Morgan fingerprint density at radius 1 is 1.17 bits per heavy atom. The van der Waals surface area contributed by atoms with Crippen molar-refractivity contribution < 1.29 is 14.3 Å². The van der Waals surface area contributed by atoms with Crippen molar-refractivity contribution in [3.8, 4) is 5.75 Å². The number of ether oxygens (including phenoxy) is 2. The SMILES string of the molecule is COc1ccc(NC(=O)N2C[C@H](c3ccccc3)OC[C@H]2C)cc1. The summed E-state index contributed by atoms with van der Waals surface area (Å²) in [6, 6.07) is 17.2. The number of carbonyl (C=O) groups is 1. The summed E-state index contributed by atoms with van der Waals surface area (Å²) in [5.41, 5.74) is 1.84. The van der Waals surface area contributed by atoms with Gasteiger partial charge in [-0.05, 0) is 36.8 Å². The van der Waals surface area contributed by atoms with E-state index in [1.54, 1.807) is 7.11 Å². The molecule has 126 valence electrons. The highest BCUT2D eigenvalue weighted by molar-refractivity contribution is 5.89. The maximum Gasteiger partial charge on any atom is 0.322 e. The number of urea groups is 1. The van der Waals surface area contributed by atoms with Crippen LogP contribution in [0.25, 0.3) is 0 Å². The molecular formula is C19H22N2O3.